The van der Waals surface area contributed by atoms with Crippen LogP contribution in [0.1, 0.15) is 16.8 Å². The van der Waals surface area contributed by atoms with Crippen LogP contribution in [0.25, 0.3) is 10.6 Å². The van der Waals surface area contributed by atoms with Gasteiger partial charge in [-0.2, -0.15) is 0 Å². The first kappa shape index (κ1) is 21.7. The van der Waals surface area contributed by atoms with E-state index in [1.54, 1.807) is 11.3 Å². The van der Waals surface area contributed by atoms with E-state index in [1.165, 1.54) is 11.1 Å². The lowest BCUT2D eigenvalue weighted by Gasteiger charge is -2.32. The molecule has 1 aromatic heterocycles. The van der Waals surface area contributed by atoms with Crippen molar-refractivity contribution in [3.63, 3.8) is 0 Å². The van der Waals surface area contributed by atoms with Gasteiger partial charge in [0.15, 0.2) is 0 Å². The molecule has 2 heterocycles. The van der Waals surface area contributed by atoms with E-state index in [9.17, 15) is 4.79 Å². The lowest BCUT2D eigenvalue weighted by Crippen LogP contribution is -2.43. The minimum absolute atomic E-state index is 0.0246. The Labute approximate surface area is 188 Å². The Morgan fingerprint density at radius 3 is 2.61 bits per heavy atom. The molecule has 1 fully saturated rings. The van der Waals surface area contributed by atoms with E-state index < -0.39 is 0 Å². The molecule has 1 aliphatic heterocycles. The number of likely N-dealkylation sites (N-methyl/N-ethyl adjacent to an activating group) is 1. The fourth-order valence-electron chi connectivity index (χ4n) is 3.81. The highest BCUT2D eigenvalue weighted by Gasteiger charge is 2.15. The van der Waals surface area contributed by atoms with Crippen LogP contribution in [0.5, 0.6) is 0 Å². The molecule has 5 nitrogen and oxygen atoms in total. The van der Waals surface area contributed by atoms with E-state index in [0.717, 1.165) is 55.4 Å². The molecule has 31 heavy (non-hydrogen) atoms. The molecule has 2 aromatic carbocycles. The number of hydrogen-bond acceptors (Lipinski definition) is 5. The molecular weight excluding hydrogens is 404 g/mol. The number of aromatic nitrogens is 1. The fourth-order valence-corrected chi connectivity index (χ4v) is 4.62. The Kier molecular flexibility index (Phi) is 7.46. The van der Waals surface area contributed by atoms with Crippen LogP contribution in [0.4, 0.5) is 0 Å². The van der Waals surface area contributed by atoms with Gasteiger partial charge >= 0.3 is 0 Å². The smallest absolute Gasteiger partial charge is 0.226 e. The average molecular weight is 435 g/mol. The second kappa shape index (κ2) is 10.7. The zero-order chi connectivity index (χ0) is 21.5. The molecule has 0 radical (unpaired) electrons. The number of piperazine rings is 1. The molecule has 1 N–H and O–H groups in total. The summed E-state index contributed by atoms with van der Waals surface area (Å²) in [6.07, 6.45) is 1.17. The molecule has 1 aliphatic rings. The lowest BCUT2D eigenvalue weighted by molar-refractivity contribution is -0.120. The molecule has 0 atom stereocenters. The third-order valence-electron chi connectivity index (χ3n) is 5.65. The van der Waals surface area contributed by atoms with E-state index in [-0.39, 0.29) is 5.91 Å². The van der Waals surface area contributed by atoms with Gasteiger partial charge < -0.3 is 10.2 Å². The van der Waals surface area contributed by atoms with Crippen molar-refractivity contribution >= 4 is 17.2 Å². The zero-order valence-electron chi connectivity index (χ0n) is 18.1. The molecule has 6 heteroatoms. The Morgan fingerprint density at radius 2 is 1.81 bits per heavy atom. The Morgan fingerprint density at radius 1 is 1.03 bits per heavy atom. The maximum atomic E-state index is 12.3. The van der Waals surface area contributed by atoms with Crippen molar-refractivity contribution in [1.29, 1.82) is 0 Å². The maximum Gasteiger partial charge on any atom is 0.226 e. The number of amides is 1. The summed E-state index contributed by atoms with van der Waals surface area (Å²) in [5.41, 5.74) is 4.52. The van der Waals surface area contributed by atoms with Crippen LogP contribution >= 0.6 is 11.3 Å². The Balaban J connectivity index is 1.29. The van der Waals surface area contributed by atoms with Gasteiger partial charge in [0, 0.05) is 50.2 Å². The third kappa shape index (κ3) is 6.47. The first-order valence-electron chi connectivity index (χ1n) is 10.9. The van der Waals surface area contributed by atoms with Crippen LogP contribution in [-0.2, 0) is 24.2 Å². The summed E-state index contributed by atoms with van der Waals surface area (Å²) in [6, 6.07) is 18.9. The van der Waals surface area contributed by atoms with Gasteiger partial charge in [0.1, 0.15) is 5.01 Å². The van der Waals surface area contributed by atoms with Gasteiger partial charge in [0.05, 0.1) is 12.1 Å². The highest BCUT2D eigenvalue weighted by Crippen LogP contribution is 2.25. The van der Waals surface area contributed by atoms with Crippen LogP contribution < -0.4 is 5.32 Å². The van der Waals surface area contributed by atoms with Gasteiger partial charge in [-0.05, 0) is 30.7 Å². The number of benzene rings is 2. The summed E-state index contributed by atoms with van der Waals surface area (Å²) in [5.74, 6) is 0.0246. The summed E-state index contributed by atoms with van der Waals surface area (Å²) in [7, 11) is 2.18. The molecule has 4 rings (SSSR count). The second-order valence-electron chi connectivity index (χ2n) is 8.19. The van der Waals surface area contributed by atoms with Gasteiger partial charge in [0.25, 0.3) is 0 Å². The van der Waals surface area contributed by atoms with E-state index >= 15 is 0 Å². The molecule has 0 saturated carbocycles. The van der Waals surface area contributed by atoms with Crippen molar-refractivity contribution in [2.24, 2.45) is 0 Å². The van der Waals surface area contributed by atoms with Crippen molar-refractivity contribution in [2.45, 2.75) is 19.4 Å². The first-order valence-corrected chi connectivity index (χ1v) is 11.8. The molecule has 3 aromatic rings. The van der Waals surface area contributed by atoms with Crippen molar-refractivity contribution < 1.29 is 4.79 Å². The number of thiazole rings is 1. The SMILES string of the molecule is CN1CCN(Cc2cccc(-c3nc(CC(=O)NCCc4ccccc4)cs3)c2)CC1. The molecule has 1 amide bonds. The monoisotopic (exact) mass is 434 g/mol. The van der Waals surface area contributed by atoms with Gasteiger partial charge in [0.2, 0.25) is 5.91 Å². The minimum Gasteiger partial charge on any atom is -0.355 e. The number of hydrogen-bond donors (Lipinski definition) is 1. The van der Waals surface area contributed by atoms with Crippen LogP contribution in [0.15, 0.2) is 60.0 Å². The summed E-state index contributed by atoms with van der Waals surface area (Å²) in [6.45, 7) is 6.10. The van der Waals surface area contributed by atoms with Gasteiger partial charge in [-0.25, -0.2) is 4.98 Å². The Bertz CT molecular complexity index is 980. The second-order valence-corrected chi connectivity index (χ2v) is 9.04. The third-order valence-corrected chi connectivity index (χ3v) is 6.59. The van der Waals surface area contributed by atoms with Gasteiger partial charge in [-0.15, -0.1) is 11.3 Å². The first-order chi connectivity index (χ1) is 15.2. The highest BCUT2D eigenvalue weighted by molar-refractivity contribution is 7.13. The zero-order valence-corrected chi connectivity index (χ0v) is 18.9. The van der Waals surface area contributed by atoms with Crippen molar-refractivity contribution in [1.82, 2.24) is 20.1 Å². The highest BCUT2D eigenvalue weighted by atomic mass is 32.1. The average Bonchev–Trinajstić information content (AvgIpc) is 3.25. The number of nitrogens with one attached hydrogen (secondary N) is 1. The predicted molar refractivity (Wildman–Crippen MR) is 127 cm³/mol. The van der Waals surface area contributed by atoms with E-state index in [2.05, 4.69) is 58.6 Å². The molecular formula is C25H30N4OS. The van der Waals surface area contributed by atoms with Gasteiger partial charge in [-0.1, -0.05) is 48.5 Å². The molecule has 0 spiro atoms. The quantitative estimate of drug-likeness (QED) is 0.590. The largest absolute Gasteiger partial charge is 0.355 e. The molecule has 0 bridgehead atoms. The maximum absolute atomic E-state index is 12.3. The van der Waals surface area contributed by atoms with E-state index in [4.69, 9.17) is 4.98 Å². The Hall–Kier alpha value is -2.54. The number of nitrogens with zero attached hydrogens (tertiary/aromatic N) is 3. The number of rotatable bonds is 8. The summed E-state index contributed by atoms with van der Waals surface area (Å²) in [4.78, 5) is 21.9. The summed E-state index contributed by atoms with van der Waals surface area (Å²) < 4.78 is 0. The van der Waals surface area contributed by atoms with Crippen LogP contribution in [0.3, 0.4) is 0 Å². The number of carbonyl (C=O) groups is 1. The van der Waals surface area contributed by atoms with Crippen molar-refractivity contribution in [3.05, 3.63) is 76.8 Å². The standard InChI is InChI=1S/C25H30N4OS/c1-28-12-14-29(15-13-28)18-21-8-5-9-22(16-21)25-27-23(19-31-25)17-24(30)26-11-10-20-6-3-2-4-7-20/h2-9,16,19H,10-15,17-18H2,1H3,(H,26,30). The van der Waals surface area contributed by atoms with Crippen LogP contribution in [-0.4, -0.2) is 60.5 Å². The lowest BCUT2D eigenvalue weighted by atomic mass is 10.1. The van der Waals surface area contributed by atoms with Gasteiger partial charge in [-0.3, -0.25) is 9.69 Å². The predicted octanol–water partition coefficient (Wildman–Crippen LogP) is 3.46. The fraction of sp³-hybridized carbons (Fsp3) is 0.360. The molecule has 1 saturated heterocycles. The summed E-state index contributed by atoms with van der Waals surface area (Å²) >= 11 is 1.61. The van der Waals surface area contributed by atoms with Crippen molar-refractivity contribution in [2.75, 3.05) is 39.8 Å². The van der Waals surface area contributed by atoms with Crippen LogP contribution in [0, 0.1) is 0 Å². The molecule has 0 aliphatic carbocycles. The molecule has 162 valence electrons. The van der Waals surface area contributed by atoms with Crippen molar-refractivity contribution in [3.8, 4) is 10.6 Å². The number of carbonyl (C=O) groups excluding carboxylic acids is 1. The van der Waals surface area contributed by atoms with Crippen LogP contribution in [0.2, 0.25) is 0 Å². The van der Waals surface area contributed by atoms with E-state index in [0.29, 0.717) is 13.0 Å². The minimum atomic E-state index is 0.0246. The van der Waals surface area contributed by atoms with E-state index in [1.807, 2.05) is 23.6 Å². The summed E-state index contributed by atoms with van der Waals surface area (Å²) in [5, 5.41) is 5.98. The normalized spacial score (nSPS) is 15.1. The topological polar surface area (TPSA) is 48.5 Å². The molecule has 0 unspecified atom stereocenters.